The molecule has 0 radical (unpaired) electrons. The number of ether oxygens (including phenoxy) is 1. The minimum Gasteiger partial charge on any atom is -0.493 e. The van der Waals surface area contributed by atoms with Crippen molar-refractivity contribution in [2.45, 2.75) is 6.92 Å². The molecule has 0 saturated carbocycles. The maximum absolute atomic E-state index is 12.3. The highest BCUT2D eigenvalue weighted by Crippen LogP contribution is 2.33. The Balaban J connectivity index is 1.60. The molecule has 0 amide bonds. The molecule has 0 aliphatic heterocycles. The van der Waals surface area contributed by atoms with Crippen molar-refractivity contribution in [1.29, 1.82) is 0 Å². The van der Waals surface area contributed by atoms with E-state index in [1.165, 1.54) is 6.33 Å². The van der Waals surface area contributed by atoms with Gasteiger partial charge in [-0.1, -0.05) is 24.3 Å². The second-order valence-electron chi connectivity index (χ2n) is 6.48. The minimum absolute atomic E-state index is 0.285. The molecule has 0 bridgehead atoms. The molecule has 30 heavy (non-hydrogen) atoms. The molecule has 3 heterocycles. The number of rotatable bonds is 5. The number of hydrogen-bond acceptors (Lipinski definition) is 7. The number of nitrogens with zero attached hydrogens (tertiary/aromatic N) is 5. The molecule has 10 heteroatoms. The number of hydrogen-bond donors (Lipinski definition) is 3. The quantitative estimate of drug-likeness (QED) is 0.412. The summed E-state index contributed by atoms with van der Waals surface area (Å²) in [4.78, 5) is 26.4. The first kappa shape index (κ1) is 17.7. The van der Waals surface area contributed by atoms with Gasteiger partial charge < -0.3 is 14.7 Å². The van der Waals surface area contributed by atoms with Crippen LogP contribution in [-0.4, -0.2) is 47.2 Å². The van der Waals surface area contributed by atoms with E-state index in [4.69, 9.17) is 4.74 Å². The molecule has 0 atom stereocenters. The lowest BCUT2D eigenvalue weighted by atomic mass is 10.0. The Hall–Kier alpha value is -4.34. The van der Waals surface area contributed by atoms with Crippen LogP contribution in [0.3, 0.4) is 0 Å². The standard InChI is InChI=1S/C20H16N8O2/c1-2-30-15-9-12(11-4-3-5-13(8-11)17-25-27-28-26-17)6-7-14(15)18-23-19-16(20(29)24-18)21-10-22-19/h3-10H,2H2,1H3,(H,25,26,27,28)(H2,21,22,23,24,29). The number of H-pyrrole nitrogens is 3. The highest BCUT2D eigenvalue weighted by Gasteiger charge is 2.14. The van der Waals surface area contributed by atoms with Gasteiger partial charge in [0.05, 0.1) is 18.5 Å². The largest absolute Gasteiger partial charge is 0.493 e. The SMILES string of the molecule is CCOc1cc(-c2cccc(-c3nn[nH]n3)c2)ccc1-c1nc2nc[nH]c2c(=O)[nH]1. The van der Waals surface area contributed by atoms with Crippen molar-refractivity contribution in [3.05, 3.63) is 59.1 Å². The zero-order chi connectivity index (χ0) is 20.5. The van der Waals surface area contributed by atoms with Crippen LogP contribution < -0.4 is 10.3 Å². The van der Waals surface area contributed by atoms with Crippen molar-refractivity contribution in [1.82, 2.24) is 40.6 Å². The molecule has 10 nitrogen and oxygen atoms in total. The second kappa shape index (κ2) is 7.24. The lowest BCUT2D eigenvalue weighted by molar-refractivity contribution is 0.341. The van der Waals surface area contributed by atoms with Crippen LogP contribution in [0.1, 0.15) is 6.92 Å². The summed E-state index contributed by atoms with van der Waals surface area (Å²) in [7, 11) is 0. The number of aromatic nitrogens is 8. The van der Waals surface area contributed by atoms with Gasteiger partial charge in [-0.15, -0.1) is 10.2 Å². The van der Waals surface area contributed by atoms with Gasteiger partial charge in [0.25, 0.3) is 5.56 Å². The Morgan fingerprint density at radius 1 is 1.07 bits per heavy atom. The summed E-state index contributed by atoms with van der Waals surface area (Å²) < 4.78 is 5.86. The molecule has 3 aromatic heterocycles. The summed E-state index contributed by atoms with van der Waals surface area (Å²) in [6, 6.07) is 13.6. The maximum atomic E-state index is 12.3. The lowest BCUT2D eigenvalue weighted by Gasteiger charge is -2.12. The number of nitrogens with one attached hydrogen (secondary N) is 3. The summed E-state index contributed by atoms with van der Waals surface area (Å²) >= 11 is 0. The first-order valence-corrected chi connectivity index (χ1v) is 9.28. The third-order valence-electron chi connectivity index (χ3n) is 4.63. The summed E-state index contributed by atoms with van der Waals surface area (Å²) in [5.41, 5.74) is 3.84. The highest BCUT2D eigenvalue weighted by atomic mass is 16.5. The van der Waals surface area contributed by atoms with Crippen LogP contribution in [0.2, 0.25) is 0 Å². The molecule has 0 unspecified atom stereocenters. The van der Waals surface area contributed by atoms with Crippen LogP contribution in [-0.2, 0) is 0 Å². The lowest BCUT2D eigenvalue weighted by Crippen LogP contribution is -2.10. The Bertz CT molecular complexity index is 1390. The van der Waals surface area contributed by atoms with Gasteiger partial charge in [-0.3, -0.25) is 4.79 Å². The topological polar surface area (TPSA) is 138 Å². The monoisotopic (exact) mass is 400 g/mol. The normalized spacial score (nSPS) is 11.1. The Morgan fingerprint density at radius 2 is 1.93 bits per heavy atom. The Kier molecular flexibility index (Phi) is 4.28. The van der Waals surface area contributed by atoms with Gasteiger partial charge in [-0.05, 0) is 41.5 Å². The average Bonchev–Trinajstić information content (AvgIpc) is 3.46. The zero-order valence-corrected chi connectivity index (χ0v) is 15.9. The van der Waals surface area contributed by atoms with E-state index < -0.39 is 0 Å². The van der Waals surface area contributed by atoms with E-state index in [0.29, 0.717) is 40.7 Å². The van der Waals surface area contributed by atoms with Crippen LogP contribution in [0.5, 0.6) is 5.75 Å². The van der Waals surface area contributed by atoms with E-state index in [1.807, 2.05) is 49.4 Å². The maximum Gasteiger partial charge on any atom is 0.277 e. The molecule has 0 aliphatic carbocycles. The first-order chi connectivity index (χ1) is 14.7. The van der Waals surface area contributed by atoms with Gasteiger partial charge in [0, 0.05) is 5.56 Å². The molecule has 0 spiro atoms. The van der Waals surface area contributed by atoms with E-state index in [2.05, 4.69) is 40.6 Å². The Labute approximate surface area is 169 Å². The third-order valence-corrected chi connectivity index (χ3v) is 4.63. The molecule has 0 fully saturated rings. The van der Waals surface area contributed by atoms with Crippen molar-refractivity contribution in [3.8, 4) is 39.7 Å². The number of benzene rings is 2. The van der Waals surface area contributed by atoms with Crippen LogP contribution >= 0.6 is 0 Å². The third kappa shape index (κ3) is 3.09. The van der Waals surface area contributed by atoms with Gasteiger partial charge in [0.2, 0.25) is 5.82 Å². The van der Waals surface area contributed by atoms with Crippen molar-refractivity contribution >= 4 is 11.2 Å². The molecule has 0 saturated heterocycles. The summed E-state index contributed by atoms with van der Waals surface area (Å²) in [5.74, 6) is 1.53. The number of imidazole rings is 1. The van der Waals surface area contributed by atoms with Crippen LogP contribution in [0.25, 0.3) is 45.1 Å². The van der Waals surface area contributed by atoms with Crippen molar-refractivity contribution in [3.63, 3.8) is 0 Å². The molecular weight excluding hydrogens is 384 g/mol. The van der Waals surface area contributed by atoms with Gasteiger partial charge >= 0.3 is 0 Å². The van der Waals surface area contributed by atoms with Crippen LogP contribution in [0.15, 0.2) is 53.6 Å². The zero-order valence-electron chi connectivity index (χ0n) is 15.9. The fraction of sp³-hybridized carbons (Fsp3) is 0.100. The van der Waals surface area contributed by atoms with Crippen LogP contribution in [0.4, 0.5) is 0 Å². The number of aromatic amines is 3. The molecule has 5 rings (SSSR count). The predicted molar refractivity (Wildman–Crippen MR) is 110 cm³/mol. The molecule has 3 N–H and O–H groups in total. The number of tetrazole rings is 1. The summed E-state index contributed by atoms with van der Waals surface area (Å²) in [5, 5.41) is 14.1. The molecule has 148 valence electrons. The molecule has 2 aromatic carbocycles. The molecular formula is C20H16N8O2. The van der Waals surface area contributed by atoms with Crippen molar-refractivity contribution < 1.29 is 4.74 Å². The number of fused-ring (bicyclic) bond motifs is 1. The van der Waals surface area contributed by atoms with E-state index in [9.17, 15) is 4.79 Å². The van der Waals surface area contributed by atoms with Crippen molar-refractivity contribution in [2.24, 2.45) is 0 Å². The van der Waals surface area contributed by atoms with E-state index in [1.54, 1.807) is 0 Å². The van der Waals surface area contributed by atoms with E-state index >= 15 is 0 Å². The van der Waals surface area contributed by atoms with Gasteiger partial charge in [0.15, 0.2) is 11.2 Å². The first-order valence-electron chi connectivity index (χ1n) is 9.28. The fourth-order valence-electron chi connectivity index (χ4n) is 3.26. The molecule has 0 aliphatic rings. The van der Waals surface area contributed by atoms with E-state index in [-0.39, 0.29) is 5.56 Å². The minimum atomic E-state index is -0.285. The predicted octanol–water partition coefficient (Wildman–Crippen LogP) is 2.56. The van der Waals surface area contributed by atoms with Gasteiger partial charge in [0.1, 0.15) is 11.6 Å². The van der Waals surface area contributed by atoms with Crippen LogP contribution in [0, 0.1) is 0 Å². The summed E-state index contributed by atoms with van der Waals surface area (Å²) in [6.45, 7) is 2.37. The van der Waals surface area contributed by atoms with E-state index in [0.717, 1.165) is 16.7 Å². The average molecular weight is 400 g/mol. The Morgan fingerprint density at radius 3 is 2.77 bits per heavy atom. The highest BCUT2D eigenvalue weighted by molar-refractivity contribution is 5.78. The smallest absolute Gasteiger partial charge is 0.277 e. The van der Waals surface area contributed by atoms with Crippen molar-refractivity contribution in [2.75, 3.05) is 6.61 Å². The fourth-order valence-corrected chi connectivity index (χ4v) is 3.26. The van der Waals surface area contributed by atoms with Gasteiger partial charge in [-0.25, -0.2) is 9.97 Å². The van der Waals surface area contributed by atoms with Gasteiger partial charge in [-0.2, -0.15) is 5.21 Å². The second-order valence-corrected chi connectivity index (χ2v) is 6.48. The summed E-state index contributed by atoms with van der Waals surface area (Å²) in [6.07, 6.45) is 1.44. The molecule has 5 aromatic rings.